The fraction of sp³-hybridized carbons (Fsp3) is 0.381. The molecule has 0 unspecified atom stereocenters. The van der Waals surface area contributed by atoms with Gasteiger partial charge in [0, 0.05) is 30.0 Å². The van der Waals surface area contributed by atoms with E-state index in [0.29, 0.717) is 31.7 Å². The molecule has 1 aliphatic carbocycles. The Balaban J connectivity index is 1.76. The summed E-state index contributed by atoms with van der Waals surface area (Å²) in [5.74, 6) is 0.111. The van der Waals surface area contributed by atoms with Gasteiger partial charge >= 0.3 is 0 Å². The second-order valence-corrected chi connectivity index (χ2v) is 10.2. The summed E-state index contributed by atoms with van der Waals surface area (Å²) in [5.41, 5.74) is 2.43. The SMILES string of the molecule is CCN(Cc1ccccc1)S(=O)(=O)c1cc(Br)cc2c1N(C(=O)C1CC1)CC2. The van der Waals surface area contributed by atoms with Crippen LogP contribution in [0.2, 0.25) is 0 Å². The average Bonchev–Trinajstić information content (AvgIpc) is 3.45. The number of anilines is 1. The number of halogens is 1. The van der Waals surface area contributed by atoms with Gasteiger partial charge in [-0.2, -0.15) is 4.31 Å². The lowest BCUT2D eigenvalue weighted by atomic mass is 10.2. The molecule has 1 amide bonds. The molecule has 0 aromatic heterocycles. The summed E-state index contributed by atoms with van der Waals surface area (Å²) in [4.78, 5) is 14.7. The number of carbonyl (C=O) groups excluding carboxylic acids is 1. The molecule has 7 heteroatoms. The Morgan fingerprint density at radius 2 is 1.93 bits per heavy atom. The minimum Gasteiger partial charge on any atom is -0.310 e. The lowest BCUT2D eigenvalue weighted by molar-refractivity contribution is -0.119. The summed E-state index contributed by atoms with van der Waals surface area (Å²) in [7, 11) is -3.76. The maximum atomic E-state index is 13.6. The summed E-state index contributed by atoms with van der Waals surface area (Å²) in [5, 5.41) is 0. The first-order chi connectivity index (χ1) is 13.4. The van der Waals surface area contributed by atoms with E-state index in [1.807, 2.05) is 43.3 Å². The lowest BCUT2D eigenvalue weighted by Crippen LogP contribution is -2.34. The molecule has 2 aromatic carbocycles. The van der Waals surface area contributed by atoms with Gasteiger partial charge in [-0.3, -0.25) is 4.79 Å². The first-order valence-electron chi connectivity index (χ1n) is 9.59. The Morgan fingerprint density at radius 3 is 2.57 bits per heavy atom. The van der Waals surface area contributed by atoms with Crippen LogP contribution in [0.25, 0.3) is 0 Å². The molecule has 148 valence electrons. The Hall–Kier alpha value is -1.70. The van der Waals surface area contributed by atoms with Gasteiger partial charge in [0.2, 0.25) is 15.9 Å². The molecule has 0 bridgehead atoms. The van der Waals surface area contributed by atoms with E-state index in [1.165, 1.54) is 4.31 Å². The Kier molecular flexibility index (Phi) is 5.33. The summed E-state index contributed by atoms with van der Waals surface area (Å²) in [6.07, 6.45) is 2.48. The highest BCUT2D eigenvalue weighted by Gasteiger charge is 2.40. The van der Waals surface area contributed by atoms with Gasteiger partial charge in [0.15, 0.2) is 0 Å². The van der Waals surface area contributed by atoms with E-state index >= 15 is 0 Å². The molecule has 1 heterocycles. The van der Waals surface area contributed by atoms with Gasteiger partial charge in [0.1, 0.15) is 4.90 Å². The molecule has 5 nitrogen and oxygen atoms in total. The maximum absolute atomic E-state index is 13.6. The molecule has 2 aliphatic rings. The van der Waals surface area contributed by atoms with Crippen molar-refractivity contribution in [2.24, 2.45) is 5.92 Å². The van der Waals surface area contributed by atoms with E-state index in [9.17, 15) is 13.2 Å². The molecule has 4 rings (SSSR count). The number of hydrogen-bond acceptors (Lipinski definition) is 3. The summed E-state index contributed by atoms with van der Waals surface area (Å²) < 4.78 is 29.4. The zero-order valence-corrected chi connectivity index (χ0v) is 18.2. The zero-order chi connectivity index (χ0) is 19.9. The summed E-state index contributed by atoms with van der Waals surface area (Å²) in [6, 6.07) is 13.1. The third-order valence-electron chi connectivity index (χ3n) is 5.36. The van der Waals surface area contributed by atoms with Crippen molar-refractivity contribution in [2.75, 3.05) is 18.0 Å². The third-order valence-corrected chi connectivity index (χ3v) is 7.75. The number of amides is 1. The Morgan fingerprint density at radius 1 is 1.21 bits per heavy atom. The second kappa shape index (κ2) is 7.61. The highest BCUT2D eigenvalue weighted by atomic mass is 79.9. The second-order valence-electron chi connectivity index (χ2n) is 7.34. The number of nitrogens with zero attached hydrogens (tertiary/aromatic N) is 2. The molecule has 0 N–H and O–H groups in total. The quantitative estimate of drug-likeness (QED) is 0.652. The minimum atomic E-state index is -3.76. The Bertz CT molecular complexity index is 1000. The number of fused-ring (bicyclic) bond motifs is 1. The van der Waals surface area contributed by atoms with E-state index in [2.05, 4.69) is 15.9 Å². The van der Waals surface area contributed by atoms with Crippen LogP contribution in [0, 0.1) is 5.92 Å². The molecule has 0 atom stereocenters. The smallest absolute Gasteiger partial charge is 0.245 e. The normalized spacial score (nSPS) is 16.5. The van der Waals surface area contributed by atoms with Crippen molar-refractivity contribution in [1.29, 1.82) is 0 Å². The first-order valence-corrected chi connectivity index (χ1v) is 11.8. The van der Waals surface area contributed by atoms with E-state index in [4.69, 9.17) is 0 Å². The van der Waals surface area contributed by atoms with Crippen molar-refractivity contribution in [2.45, 2.75) is 37.6 Å². The van der Waals surface area contributed by atoms with Crippen LogP contribution >= 0.6 is 15.9 Å². The Labute approximate surface area is 174 Å². The average molecular weight is 463 g/mol. The first kappa shape index (κ1) is 19.6. The predicted octanol–water partition coefficient (Wildman–Crippen LogP) is 3.96. The van der Waals surface area contributed by atoms with E-state index in [0.717, 1.165) is 28.4 Å². The van der Waals surface area contributed by atoms with Crippen LogP contribution in [0.1, 0.15) is 30.9 Å². The van der Waals surface area contributed by atoms with Crippen LogP contribution in [0.4, 0.5) is 5.69 Å². The van der Waals surface area contributed by atoms with Gasteiger partial charge in [0.05, 0.1) is 5.69 Å². The van der Waals surface area contributed by atoms with Crippen LogP contribution in [-0.4, -0.2) is 31.7 Å². The molecule has 28 heavy (non-hydrogen) atoms. The van der Waals surface area contributed by atoms with Crippen molar-refractivity contribution in [3.8, 4) is 0 Å². The zero-order valence-electron chi connectivity index (χ0n) is 15.8. The van der Waals surface area contributed by atoms with Crippen molar-refractivity contribution < 1.29 is 13.2 Å². The molecule has 2 aromatic rings. The highest BCUT2D eigenvalue weighted by Crippen LogP contribution is 2.42. The number of rotatable bonds is 6. The van der Waals surface area contributed by atoms with Gasteiger partial charge < -0.3 is 4.90 Å². The maximum Gasteiger partial charge on any atom is 0.245 e. The van der Waals surface area contributed by atoms with E-state index in [1.54, 1.807) is 11.0 Å². The molecule has 1 aliphatic heterocycles. The number of benzene rings is 2. The van der Waals surface area contributed by atoms with Gasteiger partial charge in [-0.15, -0.1) is 0 Å². The molecule has 1 saturated carbocycles. The van der Waals surface area contributed by atoms with Crippen LogP contribution in [-0.2, 0) is 27.8 Å². The van der Waals surface area contributed by atoms with Crippen LogP contribution in [0.3, 0.4) is 0 Å². The number of carbonyl (C=O) groups is 1. The van der Waals surface area contributed by atoms with Crippen molar-refractivity contribution in [3.05, 3.63) is 58.1 Å². The van der Waals surface area contributed by atoms with Crippen molar-refractivity contribution >= 4 is 37.5 Å². The third kappa shape index (κ3) is 3.63. The van der Waals surface area contributed by atoms with E-state index < -0.39 is 10.0 Å². The van der Waals surface area contributed by atoms with E-state index in [-0.39, 0.29) is 16.7 Å². The fourth-order valence-corrected chi connectivity index (χ4v) is 6.09. The fourth-order valence-electron chi connectivity index (χ4n) is 3.73. The van der Waals surface area contributed by atoms with Crippen LogP contribution in [0.5, 0.6) is 0 Å². The molecule has 0 radical (unpaired) electrons. The number of sulfonamides is 1. The highest BCUT2D eigenvalue weighted by molar-refractivity contribution is 9.10. The molecular weight excluding hydrogens is 440 g/mol. The standard InChI is InChI=1S/C21H23BrN2O3S/c1-2-23(14-15-6-4-3-5-7-15)28(26,27)19-13-18(22)12-17-10-11-24(20(17)19)21(25)16-8-9-16/h3-7,12-13,16H,2,8-11,14H2,1H3. The molecule has 0 saturated heterocycles. The van der Waals surface area contributed by atoms with Crippen LogP contribution in [0.15, 0.2) is 51.8 Å². The molecular formula is C21H23BrN2O3S. The topological polar surface area (TPSA) is 57.7 Å². The van der Waals surface area contributed by atoms with Gasteiger partial charge in [-0.25, -0.2) is 8.42 Å². The van der Waals surface area contributed by atoms with Crippen LogP contribution < -0.4 is 4.90 Å². The number of hydrogen-bond donors (Lipinski definition) is 0. The van der Waals surface area contributed by atoms with Gasteiger partial charge in [-0.05, 0) is 42.5 Å². The summed E-state index contributed by atoms with van der Waals surface area (Å²) in [6.45, 7) is 3.05. The predicted molar refractivity (Wildman–Crippen MR) is 113 cm³/mol. The summed E-state index contributed by atoms with van der Waals surface area (Å²) >= 11 is 3.46. The minimum absolute atomic E-state index is 0.0525. The van der Waals surface area contributed by atoms with Gasteiger partial charge in [-0.1, -0.05) is 53.2 Å². The molecule has 0 spiro atoms. The molecule has 1 fully saturated rings. The van der Waals surface area contributed by atoms with Gasteiger partial charge in [0.25, 0.3) is 0 Å². The largest absolute Gasteiger partial charge is 0.310 e. The lowest BCUT2D eigenvalue weighted by Gasteiger charge is -2.25. The van der Waals surface area contributed by atoms with Crippen molar-refractivity contribution in [3.63, 3.8) is 0 Å². The van der Waals surface area contributed by atoms with Crippen molar-refractivity contribution in [1.82, 2.24) is 4.31 Å². The monoisotopic (exact) mass is 462 g/mol.